The number of aliphatic hydroxyl groups is 3. The van der Waals surface area contributed by atoms with Gasteiger partial charge >= 0.3 is 0 Å². The van der Waals surface area contributed by atoms with Crippen LogP contribution in [0.4, 0.5) is 0 Å². The van der Waals surface area contributed by atoms with E-state index < -0.39 is 24.6 Å². The molecule has 0 aliphatic rings. The minimum absolute atomic E-state index is 0.324. The fourth-order valence-electron chi connectivity index (χ4n) is 1.78. The molecule has 7 heteroatoms. The smallest absolute Gasteiger partial charge is 0.183 e. The minimum atomic E-state index is -1.24. The second-order valence-electron chi connectivity index (χ2n) is 4.94. The van der Waals surface area contributed by atoms with Crippen LogP contribution in [0.15, 0.2) is 0 Å². The normalized spacial score (nSPS) is 17.4. The summed E-state index contributed by atoms with van der Waals surface area (Å²) in [7, 11) is 0. The Hall–Kier alpha value is 0.110. The molecule has 0 fully saturated rings. The van der Waals surface area contributed by atoms with Gasteiger partial charge < -0.3 is 30.5 Å². The van der Waals surface area contributed by atoms with Crippen LogP contribution in [0.3, 0.4) is 0 Å². The molecule has 6 nitrogen and oxygen atoms in total. The Morgan fingerprint density at radius 3 is 2.43 bits per heavy atom. The van der Waals surface area contributed by atoms with Crippen molar-refractivity contribution in [3.63, 3.8) is 0 Å². The van der Waals surface area contributed by atoms with Gasteiger partial charge in [0.1, 0.15) is 6.10 Å². The first-order valence-electron chi connectivity index (χ1n) is 7.58. The topological polar surface area (TPSA) is 105 Å². The van der Waals surface area contributed by atoms with E-state index in [1.54, 1.807) is 18.7 Å². The van der Waals surface area contributed by atoms with E-state index in [0.717, 1.165) is 24.3 Å². The molecule has 5 N–H and O–H groups in total. The second-order valence-corrected chi connectivity index (χ2v) is 6.17. The average Bonchev–Trinajstić information content (AvgIpc) is 2.45. The largest absolute Gasteiger partial charge is 0.393 e. The number of hydrogen-bond acceptors (Lipinski definition) is 7. The Balaban J connectivity index is 4.01. The molecular weight excluding hydrogens is 294 g/mol. The van der Waals surface area contributed by atoms with Crippen LogP contribution in [0.5, 0.6) is 0 Å². The van der Waals surface area contributed by atoms with Crippen LogP contribution in [-0.4, -0.2) is 71.2 Å². The molecule has 0 aromatic heterocycles. The van der Waals surface area contributed by atoms with E-state index in [-0.39, 0.29) is 6.61 Å². The summed E-state index contributed by atoms with van der Waals surface area (Å²) in [5.41, 5.74) is 5.39. The van der Waals surface area contributed by atoms with Crippen molar-refractivity contribution in [1.29, 1.82) is 0 Å². The predicted molar refractivity (Wildman–Crippen MR) is 85.3 cm³/mol. The first-order valence-corrected chi connectivity index (χ1v) is 8.74. The number of rotatable bonds is 14. The third-order valence-corrected chi connectivity index (χ3v) is 4.05. The number of nitrogens with two attached hydrogens (primary N) is 1. The number of hydrogen-bond donors (Lipinski definition) is 4. The van der Waals surface area contributed by atoms with Gasteiger partial charge in [0.25, 0.3) is 0 Å². The fourth-order valence-corrected chi connectivity index (χ4v) is 2.47. The van der Waals surface area contributed by atoms with Gasteiger partial charge in [0.05, 0.1) is 18.8 Å². The molecule has 0 spiro atoms. The number of aliphatic hydroxyl groups excluding tert-OH is 3. The van der Waals surface area contributed by atoms with Crippen LogP contribution >= 0.6 is 11.8 Å². The molecular formula is C14H31NO5S. The Morgan fingerprint density at radius 1 is 1.19 bits per heavy atom. The molecule has 0 bridgehead atoms. The van der Waals surface area contributed by atoms with Gasteiger partial charge in [0.15, 0.2) is 6.29 Å². The first kappa shape index (κ1) is 21.1. The van der Waals surface area contributed by atoms with Gasteiger partial charge in [0.2, 0.25) is 0 Å². The van der Waals surface area contributed by atoms with Gasteiger partial charge in [-0.15, -0.1) is 0 Å². The lowest BCUT2D eigenvalue weighted by Gasteiger charge is -2.27. The van der Waals surface area contributed by atoms with Crippen LogP contribution in [0.1, 0.15) is 33.1 Å². The van der Waals surface area contributed by atoms with E-state index in [1.165, 1.54) is 0 Å². The highest BCUT2D eigenvalue weighted by atomic mass is 32.2. The molecule has 4 atom stereocenters. The van der Waals surface area contributed by atoms with Crippen LogP contribution in [0, 0.1) is 0 Å². The maximum absolute atomic E-state index is 9.96. The van der Waals surface area contributed by atoms with Crippen molar-refractivity contribution in [1.82, 2.24) is 0 Å². The molecule has 0 heterocycles. The summed E-state index contributed by atoms with van der Waals surface area (Å²) < 4.78 is 10.8. The summed E-state index contributed by atoms with van der Waals surface area (Å²) in [6, 6.07) is 0. The quantitative estimate of drug-likeness (QED) is 0.269. The zero-order valence-electron chi connectivity index (χ0n) is 13.1. The SMILES string of the molecule is CCCC(OC(O)[C@H](CO)OCCCSCCN)[C@H](C)O. The minimum Gasteiger partial charge on any atom is -0.393 e. The highest BCUT2D eigenvalue weighted by Crippen LogP contribution is 2.13. The Labute approximate surface area is 132 Å². The van der Waals surface area contributed by atoms with Crippen molar-refractivity contribution in [2.24, 2.45) is 5.73 Å². The number of thioether (sulfide) groups is 1. The van der Waals surface area contributed by atoms with Crippen LogP contribution in [0.25, 0.3) is 0 Å². The molecule has 0 saturated heterocycles. The molecule has 0 amide bonds. The van der Waals surface area contributed by atoms with Crippen molar-refractivity contribution in [2.45, 2.75) is 57.7 Å². The summed E-state index contributed by atoms with van der Waals surface area (Å²) in [6.07, 6.45) is -0.855. The fraction of sp³-hybridized carbons (Fsp3) is 1.00. The lowest BCUT2D eigenvalue weighted by atomic mass is 10.1. The van der Waals surface area contributed by atoms with Gasteiger partial charge in [-0.2, -0.15) is 11.8 Å². The van der Waals surface area contributed by atoms with E-state index >= 15 is 0 Å². The lowest BCUT2D eigenvalue weighted by molar-refractivity contribution is -0.223. The average molecular weight is 325 g/mol. The molecule has 21 heavy (non-hydrogen) atoms. The zero-order chi connectivity index (χ0) is 16.1. The molecule has 0 aliphatic heterocycles. The Bertz CT molecular complexity index is 233. The van der Waals surface area contributed by atoms with Crippen molar-refractivity contribution in [2.75, 3.05) is 31.3 Å². The molecule has 0 radical (unpaired) electrons. The number of ether oxygens (including phenoxy) is 2. The van der Waals surface area contributed by atoms with Gasteiger partial charge in [-0.1, -0.05) is 13.3 Å². The molecule has 0 aromatic carbocycles. The Kier molecular flexibility index (Phi) is 13.8. The Morgan fingerprint density at radius 2 is 1.90 bits per heavy atom. The predicted octanol–water partition coefficient (Wildman–Crippen LogP) is 0.330. The molecule has 128 valence electrons. The highest BCUT2D eigenvalue weighted by Gasteiger charge is 2.25. The maximum Gasteiger partial charge on any atom is 0.183 e. The van der Waals surface area contributed by atoms with Crippen LogP contribution in [-0.2, 0) is 9.47 Å². The van der Waals surface area contributed by atoms with Crippen molar-refractivity contribution in [3.05, 3.63) is 0 Å². The van der Waals surface area contributed by atoms with Gasteiger partial charge in [-0.25, -0.2) is 0 Å². The van der Waals surface area contributed by atoms with Gasteiger partial charge in [-0.3, -0.25) is 0 Å². The molecule has 0 aromatic rings. The van der Waals surface area contributed by atoms with E-state index in [2.05, 4.69) is 0 Å². The van der Waals surface area contributed by atoms with Crippen molar-refractivity contribution < 1.29 is 24.8 Å². The summed E-state index contributed by atoms with van der Waals surface area (Å²) in [4.78, 5) is 0. The maximum atomic E-state index is 9.96. The molecule has 0 saturated carbocycles. The van der Waals surface area contributed by atoms with E-state index in [4.69, 9.17) is 15.2 Å². The van der Waals surface area contributed by atoms with Gasteiger partial charge in [-0.05, 0) is 25.5 Å². The third kappa shape index (κ3) is 10.5. The standard InChI is InChI=1S/C14H31NO5S/c1-3-5-12(11(2)17)20-14(18)13(10-16)19-7-4-8-21-9-6-15/h11-14,16-18H,3-10,15H2,1-2H3/t11-,12?,13-,14?/m0/s1. The second kappa shape index (κ2) is 13.8. The zero-order valence-corrected chi connectivity index (χ0v) is 13.9. The third-order valence-electron chi connectivity index (χ3n) is 2.95. The molecule has 0 rings (SSSR count). The van der Waals surface area contributed by atoms with Crippen molar-refractivity contribution in [3.8, 4) is 0 Å². The summed E-state index contributed by atoms with van der Waals surface area (Å²) in [5, 5.41) is 28.8. The van der Waals surface area contributed by atoms with E-state index in [1.807, 2.05) is 6.92 Å². The van der Waals surface area contributed by atoms with E-state index in [0.29, 0.717) is 19.6 Å². The lowest BCUT2D eigenvalue weighted by Crippen LogP contribution is -2.40. The van der Waals surface area contributed by atoms with Crippen LogP contribution in [0.2, 0.25) is 0 Å². The summed E-state index contributed by atoms with van der Waals surface area (Å²) in [6.45, 7) is 4.38. The first-order chi connectivity index (χ1) is 10.1. The van der Waals surface area contributed by atoms with Crippen LogP contribution < -0.4 is 5.73 Å². The van der Waals surface area contributed by atoms with Crippen molar-refractivity contribution >= 4 is 11.8 Å². The summed E-state index contributed by atoms with van der Waals surface area (Å²) >= 11 is 1.75. The molecule has 0 aliphatic carbocycles. The van der Waals surface area contributed by atoms with E-state index in [9.17, 15) is 15.3 Å². The molecule has 2 unspecified atom stereocenters. The monoisotopic (exact) mass is 325 g/mol. The van der Waals surface area contributed by atoms with Gasteiger partial charge in [0, 0.05) is 18.9 Å². The summed E-state index contributed by atoms with van der Waals surface area (Å²) in [5.74, 6) is 1.85. The highest BCUT2D eigenvalue weighted by molar-refractivity contribution is 7.99.